The van der Waals surface area contributed by atoms with Crippen molar-refractivity contribution >= 4 is 71.2 Å². The van der Waals surface area contributed by atoms with Crippen LogP contribution in [-0.4, -0.2) is 4.57 Å². The molecule has 12 aromatic carbocycles. The molecular formula is C66H44N2. The van der Waals surface area contributed by atoms with E-state index in [-0.39, 0.29) is 0 Å². The molecule has 2 nitrogen and oxygen atoms in total. The molecule has 0 spiro atoms. The highest BCUT2D eigenvalue weighted by molar-refractivity contribution is 6.16. The molecule has 0 radical (unpaired) electrons. The number of benzene rings is 12. The van der Waals surface area contributed by atoms with E-state index in [2.05, 4.69) is 276 Å². The predicted octanol–water partition coefficient (Wildman–Crippen LogP) is 18.4. The van der Waals surface area contributed by atoms with Crippen LogP contribution in [0.25, 0.3) is 104 Å². The fourth-order valence-electron chi connectivity index (χ4n) is 10.5. The average Bonchev–Trinajstić information content (AvgIpc) is 3.75. The van der Waals surface area contributed by atoms with Crippen LogP contribution >= 0.6 is 0 Å². The molecule has 0 aliphatic carbocycles. The number of aromatic nitrogens is 1. The van der Waals surface area contributed by atoms with Crippen LogP contribution in [-0.2, 0) is 0 Å². The number of rotatable bonds is 8. The van der Waals surface area contributed by atoms with E-state index in [4.69, 9.17) is 0 Å². The van der Waals surface area contributed by atoms with Gasteiger partial charge in [0.1, 0.15) is 0 Å². The molecule has 1 aromatic heterocycles. The summed E-state index contributed by atoms with van der Waals surface area (Å²) >= 11 is 0. The van der Waals surface area contributed by atoms with Crippen LogP contribution in [0, 0.1) is 0 Å². The molecule has 13 rings (SSSR count). The second-order valence-electron chi connectivity index (χ2n) is 17.7. The van der Waals surface area contributed by atoms with Crippen molar-refractivity contribution in [3.8, 4) is 50.2 Å². The fourth-order valence-corrected chi connectivity index (χ4v) is 10.5. The molecule has 318 valence electrons. The van der Waals surface area contributed by atoms with Gasteiger partial charge in [-0.15, -0.1) is 0 Å². The summed E-state index contributed by atoms with van der Waals surface area (Å²) in [5.74, 6) is 0. The van der Waals surface area contributed by atoms with Gasteiger partial charge in [0.15, 0.2) is 0 Å². The van der Waals surface area contributed by atoms with E-state index >= 15 is 0 Å². The van der Waals surface area contributed by atoms with Crippen LogP contribution in [0.15, 0.2) is 267 Å². The molecular weight excluding hydrogens is 821 g/mol. The highest BCUT2D eigenvalue weighted by atomic mass is 15.1. The summed E-state index contributed by atoms with van der Waals surface area (Å²) in [6, 6.07) is 97.4. The van der Waals surface area contributed by atoms with Crippen molar-refractivity contribution in [2.24, 2.45) is 0 Å². The van der Waals surface area contributed by atoms with E-state index in [9.17, 15) is 0 Å². The Kier molecular flexibility index (Phi) is 9.54. The van der Waals surface area contributed by atoms with E-state index in [1.54, 1.807) is 0 Å². The fraction of sp³-hybridized carbons (Fsp3) is 0. The molecule has 0 unspecified atom stereocenters. The molecule has 1 heterocycles. The van der Waals surface area contributed by atoms with Crippen molar-refractivity contribution in [2.45, 2.75) is 0 Å². The van der Waals surface area contributed by atoms with Crippen LogP contribution in [0.1, 0.15) is 0 Å². The van der Waals surface area contributed by atoms with Gasteiger partial charge < -0.3 is 9.47 Å². The van der Waals surface area contributed by atoms with Crippen LogP contribution < -0.4 is 4.90 Å². The summed E-state index contributed by atoms with van der Waals surface area (Å²) in [4.78, 5) is 2.36. The molecule has 0 bridgehead atoms. The van der Waals surface area contributed by atoms with Gasteiger partial charge in [-0.25, -0.2) is 0 Å². The van der Waals surface area contributed by atoms with Crippen LogP contribution in [0.2, 0.25) is 0 Å². The summed E-state index contributed by atoms with van der Waals surface area (Å²) in [6.45, 7) is 0. The van der Waals surface area contributed by atoms with Crippen LogP contribution in [0.5, 0.6) is 0 Å². The van der Waals surface area contributed by atoms with Gasteiger partial charge in [-0.2, -0.15) is 0 Å². The minimum absolute atomic E-state index is 1.09. The Morgan fingerprint density at radius 1 is 0.235 bits per heavy atom. The Hall–Kier alpha value is -8.98. The standard InChI is InChI=1S/C66H44N2/c1-2-15-45(16-3-1)46-29-36-52(37-30-46)67(53-38-31-48(32-39-53)56-26-14-19-47-17-4-6-20-55(47)56)54-40-33-49(34-41-54)58-22-10-12-27-64(58)68-65-28-13-11-25-61(65)63-44-51(35-42-66(63)68)62-43-50-18-5-7-21-57(50)59-23-8-9-24-60(59)62/h1-44H. The first-order valence-corrected chi connectivity index (χ1v) is 23.4. The molecule has 0 amide bonds. The number of hydrogen-bond donors (Lipinski definition) is 0. The summed E-state index contributed by atoms with van der Waals surface area (Å²) in [5.41, 5.74) is 16.4. The Balaban J connectivity index is 0.903. The highest BCUT2D eigenvalue weighted by Crippen LogP contribution is 2.43. The maximum absolute atomic E-state index is 2.45. The molecule has 0 saturated heterocycles. The maximum atomic E-state index is 2.45. The van der Waals surface area contributed by atoms with Gasteiger partial charge in [-0.3, -0.25) is 0 Å². The summed E-state index contributed by atoms with van der Waals surface area (Å²) in [7, 11) is 0. The van der Waals surface area contributed by atoms with Crippen LogP contribution in [0.3, 0.4) is 0 Å². The lowest BCUT2D eigenvalue weighted by molar-refractivity contribution is 1.18. The van der Waals surface area contributed by atoms with E-state index in [0.29, 0.717) is 0 Å². The monoisotopic (exact) mass is 864 g/mol. The molecule has 68 heavy (non-hydrogen) atoms. The Bertz CT molecular complexity index is 3990. The predicted molar refractivity (Wildman–Crippen MR) is 290 cm³/mol. The zero-order valence-electron chi connectivity index (χ0n) is 37.3. The zero-order valence-corrected chi connectivity index (χ0v) is 37.3. The van der Waals surface area contributed by atoms with Crippen molar-refractivity contribution in [3.63, 3.8) is 0 Å². The zero-order chi connectivity index (χ0) is 45.0. The Labute approximate surface area is 395 Å². The van der Waals surface area contributed by atoms with E-state index < -0.39 is 0 Å². The van der Waals surface area contributed by atoms with Crippen molar-refractivity contribution in [2.75, 3.05) is 4.90 Å². The lowest BCUT2D eigenvalue weighted by atomic mass is 9.92. The lowest BCUT2D eigenvalue weighted by Crippen LogP contribution is -2.09. The molecule has 0 aliphatic heterocycles. The third kappa shape index (κ3) is 6.73. The molecule has 0 aliphatic rings. The van der Waals surface area contributed by atoms with Crippen molar-refractivity contribution < 1.29 is 0 Å². The largest absolute Gasteiger partial charge is 0.311 e. The van der Waals surface area contributed by atoms with Crippen LogP contribution in [0.4, 0.5) is 17.1 Å². The third-order valence-corrected chi connectivity index (χ3v) is 13.8. The molecule has 13 aromatic rings. The minimum Gasteiger partial charge on any atom is -0.311 e. The SMILES string of the molecule is c1ccc(-c2ccc(N(c3ccc(-c4ccccc4-n4c5ccccc5c5cc(-c6cc7ccccc7c7ccccc67)ccc54)cc3)c3ccc(-c4cccc5ccccc45)cc3)cc2)cc1. The van der Waals surface area contributed by atoms with E-state index in [1.807, 2.05) is 0 Å². The van der Waals surface area contributed by atoms with Gasteiger partial charge in [0.2, 0.25) is 0 Å². The van der Waals surface area contributed by atoms with Crippen molar-refractivity contribution in [3.05, 3.63) is 267 Å². The molecule has 0 saturated carbocycles. The minimum atomic E-state index is 1.09. The normalized spacial score (nSPS) is 11.5. The first-order valence-electron chi connectivity index (χ1n) is 23.4. The molecule has 0 atom stereocenters. The van der Waals surface area contributed by atoms with Gasteiger partial charge in [0.25, 0.3) is 0 Å². The second kappa shape index (κ2) is 16.5. The topological polar surface area (TPSA) is 8.17 Å². The average molecular weight is 865 g/mol. The van der Waals surface area contributed by atoms with Crippen molar-refractivity contribution in [1.29, 1.82) is 0 Å². The van der Waals surface area contributed by atoms with Gasteiger partial charge in [-0.05, 0) is 138 Å². The number of fused-ring (bicyclic) bond motifs is 7. The Morgan fingerprint density at radius 3 is 1.46 bits per heavy atom. The Morgan fingerprint density at radius 2 is 0.721 bits per heavy atom. The van der Waals surface area contributed by atoms with Crippen molar-refractivity contribution in [1.82, 2.24) is 4.57 Å². The number of anilines is 3. The first-order chi connectivity index (χ1) is 33.7. The van der Waals surface area contributed by atoms with Gasteiger partial charge >= 0.3 is 0 Å². The van der Waals surface area contributed by atoms with Gasteiger partial charge in [-0.1, -0.05) is 200 Å². The molecule has 0 N–H and O–H groups in total. The van der Waals surface area contributed by atoms with Gasteiger partial charge in [0.05, 0.1) is 16.7 Å². The lowest BCUT2D eigenvalue weighted by Gasteiger charge is -2.26. The quantitative estimate of drug-likeness (QED) is 0.138. The second-order valence-corrected chi connectivity index (χ2v) is 17.7. The number of nitrogens with zero attached hydrogens (tertiary/aromatic N) is 2. The summed E-state index contributed by atoms with van der Waals surface area (Å²) < 4.78 is 2.45. The number of hydrogen-bond acceptors (Lipinski definition) is 1. The maximum Gasteiger partial charge on any atom is 0.0541 e. The van der Waals surface area contributed by atoms with E-state index in [1.165, 1.54) is 93.1 Å². The summed E-state index contributed by atoms with van der Waals surface area (Å²) in [5, 5.41) is 10.1. The van der Waals surface area contributed by atoms with E-state index in [0.717, 1.165) is 28.3 Å². The molecule has 2 heteroatoms. The third-order valence-electron chi connectivity index (χ3n) is 13.8. The first kappa shape index (κ1) is 39.4. The highest BCUT2D eigenvalue weighted by Gasteiger charge is 2.19. The van der Waals surface area contributed by atoms with Gasteiger partial charge in [0, 0.05) is 33.4 Å². The molecule has 0 fully saturated rings. The summed E-state index contributed by atoms with van der Waals surface area (Å²) in [6.07, 6.45) is 0. The number of para-hydroxylation sites is 2. The smallest absolute Gasteiger partial charge is 0.0541 e.